The van der Waals surface area contributed by atoms with E-state index in [1.165, 1.54) is 26.1 Å². The van der Waals surface area contributed by atoms with E-state index in [1.54, 1.807) is 18.6 Å². The number of ether oxygens (including phenoxy) is 1. The van der Waals surface area contributed by atoms with E-state index in [0.717, 1.165) is 40.7 Å². The fraction of sp³-hybridized carbons (Fsp3) is 0.391. The van der Waals surface area contributed by atoms with Crippen LogP contribution in [0.25, 0.3) is 22.0 Å². The SMILES string of the molecule is COC(=O)c1cncc(-c2ccc3ncnc(NC4CCC(N(C)C)CC4)c3c2)c1. The fourth-order valence-electron chi connectivity index (χ4n) is 4.11. The largest absolute Gasteiger partial charge is 0.465 e. The van der Waals surface area contributed by atoms with E-state index < -0.39 is 5.97 Å². The lowest BCUT2D eigenvalue weighted by atomic mass is 9.90. The van der Waals surface area contributed by atoms with E-state index >= 15 is 0 Å². The standard InChI is InChI=1S/C23H27N5O2/c1-28(2)19-7-5-18(6-8-19)27-22-20-11-15(4-9-21(20)25-14-26-22)16-10-17(13-24-12-16)23(29)30-3/h4,9-14,18-19H,5-8H2,1-3H3,(H,25,26,27). The fourth-order valence-corrected chi connectivity index (χ4v) is 4.11. The van der Waals surface area contributed by atoms with Crippen LogP contribution in [0.3, 0.4) is 0 Å². The molecule has 4 rings (SSSR count). The number of aromatic nitrogens is 3. The number of nitrogens with zero attached hydrogens (tertiary/aromatic N) is 4. The molecule has 0 unspecified atom stereocenters. The molecular weight excluding hydrogens is 378 g/mol. The Morgan fingerprint density at radius 2 is 1.87 bits per heavy atom. The Bertz CT molecular complexity index is 1040. The van der Waals surface area contributed by atoms with Crippen LogP contribution in [0.2, 0.25) is 0 Å². The molecule has 1 N–H and O–H groups in total. The molecule has 156 valence electrons. The maximum Gasteiger partial charge on any atom is 0.339 e. The number of methoxy groups -OCH3 is 1. The second-order valence-corrected chi connectivity index (χ2v) is 8.02. The number of carbonyl (C=O) groups is 1. The van der Waals surface area contributed by atoms with Crippen LogP contribution in [-0.4, -0.2) is 59.1 Å². The molecule has 0 radical (unpaired) electrons. The number of anilines is 1. The average molecular weight is 406 g/mol. The number of pyridine rings is 1. The van der Waals surface area contributed by atoms with Crippen molar-refractivity contribution in [2.45, 2.75) is 37.8 Å². The molecule has 1 aliphatic carbocycles. The van der Waals surface area contributed by atoms with E-state index in [0.29, 0.717) is 17.6 Å². The molecule has 3 aromatic rings. The minimum atomic E-state index is -0.399. The molecule has 1 aliphatic rings. The number of rotatable bonds is 5. The lowest BCUT2D eigenvalue weighted by Crippen LogP contribution is -2.36. The molecule has 30 heavy (non-hydrogen) atoms. The molecule has 0 saturated heterocycles. The second kappa shape index (κ2) is 8.75. The van der Waals surface area contributed by atoms with Crippen molar-refractivity contribution in [3.63, 3.8) is 0 Å². The third-order valence-electron chi connectivity index (χ3n) is 5.90. The quantitative estimate of drug-likeness (QED) is 0.647. The minimum absolute atomic E-state index is 0.399. The molecule has 0 amide bonds. The summed E-state index contributed by atoms with van der Waals surface area (Å²) in [5.74, 6) is 0.455. The van der Waals surface area contributed by atoms with Crippen LogP contribution in [-0.2, 0) is 4.74 Å². The van der Waals surface area contributed by atoms with Gasteiger partial charge in [0, 0.05) is 35.4 Å². The molecule has 0 spiro atoms. The van der Waals surface area contributed by atoms with Gasteiger partial charge < -0.3 is 15.0 Å². The number of benzene rings is 1. The summed E-state index contributed by atoms with van der Waals surface area (Å²) in [6.07, 6.45) is 9.48. The number of carbonyl (C=O) groups excluding carboxylic acids is 1. The minimum Gasteiger partial charge on any atom is -0.465 e. The molecule has 7 nitrogen and oxygen atoms in total. The van der Waals surface area contributed by atoms with Gasteiger partial charge >= 0.3 is 5.97 Å². The molecule has 1 fully saturated rings. The van der Waals surface area contributed by atoms with E-state index in [2.05, 4.69) is 45.3 Å². The van der Waals surface area contributed by atoms with Crippen molar-refractivity contribution in [1.82, 2.24) is 19.9 Å². The van der Waals surface area contributed by atoms with Gasteiger partial charge in [0.05, 0.1) is 18.2 Å². The number of fused-ring (bicyclic) bond motifs is 1. The molecule has 7 heteroatoms. The Balaban J connectivity index is 1.61. The van der Waals surface area contributed by atoms with Gasteiger partial charge in [-0.25, -0.2) is 14.8 Å². The van der Waals surface area contributed by atoms with Gasteiger partial charge in [-0.2, -0.15) is 0 Å². The summed E-state index contributed by atoms with van der Waals surface area (Å²) >= 11 is 0. The summed E-state index contributed by atoms with van der Waals surface area (Å²) in [5, 5.41) is 4.61. The Morgan fingerprint density at radius 1 is 1.07 bits per heavy atom. The highest BCUT2D eigenvalue weighted by atomic mass is 16.5. The molecule has 1 saturated carbocycles. The maximum atomic E-state index is 11.9. The van der Waals surface area contributed by atoms with Crippen LogP contribution in [0, 0.1) is 0 Å². The number of nitrogens with one attached hydrogen (secondary N) is 1. The molecule has 0 atom stereocenters. The monoisotopic (exact) mass is 405 g/mol. The van der Waals surface area contributed by atoms with E-state index in [4.69, 9.17) is 4.74 Å². The van der Waals surface area contributed by atoms with E-state index in [9.17, 15) is 4.79 Å². The summed E-state index contributed by atoms with van der Waals surface area (Å²) < 4.78 is 4.81. The summed E-state index contributed by atoms with van der Waals surface area (Å²) in [4.78, 5) is 27.3. The predicted octanol–water partition coefficient (Wildman–Crippen LogP) is 3.76. The van der Waals surface area contributed by atoms with Crippen LogP contribution in [0.15, 0.2) is 43.0 Å². The number of hydrogen-bond donors (Lipinski definition) is 1. The van der Waals surface area contributed by atoms with Crippen molar-refractivity contribution in [3.8, 4) is 11.1 Å². The molecule has 2 aromatic heterocycles. The van der Waals surface area contributed by atoms with Gasteiger partial charge in [-0.1, -0.05) is 6.07 Å². The van der Waals surface area contributed by atoms with Crippen LogP contribution in [0.5, 0.6) is 0 Å². The van der Waals surface area contributed by atoms with Gasteiger partial charge in [0.15, 0.2) is 0 Å². The van der Waals surface area contributed by atoms with Crippen molar-refractivity contribution < 1.29 is 9.53 Å². The third-order valence-corrected chi connectivity index (χ3v) is 5.90. The highest BCUT2D eigenvalue weighted by Crippen LogP contribution is 2.30. The summed E-state index contributed by atoms with van der Waals surface area (Å²) in [6, 6.07) is 8.88. The van der Waals surface area contributed by atoms with Crippen molar-refractivity contribution in [1.29, 1.82) is 0 Å². The van der Waals surface area contributed by atoms with Crippen molar-refractivity contribution in [3.05, 3.63) is 48.5 Å². The van der Waals surface area contributed by atoms with Crippen LogP contribution < -0.4 is 5.32 Å². The van der Waals surface area contributed by atoms with Crippen LogP contribution in [0.1, 0.15) is 36.0 Å². The first-order valence-electron chi connectivity index (χ1n) is 10.3. The van der Waals surface area contributed by atoms with Crippen LogP contribution >= 0.6 is 0 Å². The van der Waals surface area contributed by atoms with Gasteiger partial charge in [0.25, 0.3) is 0 Å². The Kier molecular flexibility index (Phi) is 5.90. The van der Waals surface area contributed by atoms with E-state index in [-0.39, 0.29) is 0 Å². The Hall–Kier alpha value is -3.06. The first-order chi connectivity index (χ1) is 14.5. The predicted molar refractivity (Wildman–Crippen MR) is 117 cm³/mol. The average Bonchev–Trinajstić information content (AvgIpc) is 2.79. The first-order valence-corrected chi connectivity index (χ1v) is 10.3. The molecule has 2 heterocycles. The molecular formula is C23H27N5O2. The lowest BCUT2D eigenvalue weighted by molar-refractivity contribution is 0.0600. The van der Waals surface area contributed by atoms with Gasteiger partial charge in [-0.15, -0.1) is 0 Å². The lowest BCUT2D eigenvalue weighted by Gasteiger charge is -2.33. The van der Waals surface area contributed by atoms with Crippen molar-refractivity contribution >= 4 is 22.7 Å². The smallest absolute Gasteiger partial charge is 0.339 e. The zero-order valence-electron chi connectivity index (χ0n) is 17.6. The topological polar surface area (TPSA) is 80.2 Å². The van der Waals surface area contributed by atoms with Crippen molar-refractivity contribution in [2.75, 3.05) is 26.5 Å². The van der Waals surface area contributed by atoms with Crippen LogP contribution in [0.4, 0.5) is 5.82 Å². The number of hydrogen-bond acceptors (Lipinski definition) is 7. The van der Waals surface area contributed by atoms with Gasteiger partial charge in [0.1, 0.15) is 12.1 Å². The molecule has 0 bridgehead atoms. The highest BCUT2D eigenvalue weighted by Gasteiger charge is 2.23. The Morgan fingerprint density at radius 3 is 2.60 bits per heavy atom. The zero-order valence-corrected chi connectivity index (χ0v) is 17.6. The second-order valence-electron chi connectivity index (χ2n) is 8.02. The normalized spacial score (nSPS) is 19.1. The maximum absolute atomic E-state index is 11.9. The van der Waals surface area contributed by atoms with Crippen molar-refractivity contribution in [2.24, 2.45) is 0 Å². The summed E-state index contributed by atoms with van der Waals surface area (Å²) in [7, 11) is 5.68. The Labute approximate surface area is 176 Å². The van der Waals surface area contributed by atoms with E-state index in [1.807, 2.05) is 12.1 Å². The molecule has 1 aromatic carbocycles. The zero-order chi connectivity index (χ0) is 21.1. The summed E-state index contributed by atoms with van der Waals surface area (Å²) in [5.41, 5.74) is 3.11. The summed E-state index contributed by atoms with van der Waals surface area (Å²) in [6.45, 7) is 0. The first kappa shape index (κ1) is 20.2. The van der Waals surface area contributed by atoms with Gasteiger partial charge in [-0.05, 0) is 63.5 Å². The van der Waals surface area contributed by atoms with Gasteiger partial charge in [0.2, 0.25) is 0 Å². The number of esters is 1. The molecule has 0 aliphatic heterocycles. The highest BCUT2D eigenvalue weighted by molar-refractivity contribution is 5.94. The third kappa shape index (κ3) is 4.26. The van der Waals surface area contributed by atoms with Gasteiger partial charge in [-0.3, -0.25) is 4.98 Å².